The second-order valence-electron chi connectivity index (χ2n) is 6.84. The van der Waals surface area contributed by atoms with Crippen LogP contribution in [-0.2, 0) is 13.1 Å². The van der Waals surface area contributed by atoms with Gasteiger partial charge in [-0.15, -0.1) is 0 Å². The van der Waals surface area contributed by atoms with Gasteiger partial charge in [-0.05, 0) is 31.5 Å². The minimum absolute atomic E-state index is 0.164. The lowest BCUT2D eigenvalue weighted by Crippen LogP contribution is -2.25. The van der Waals surface area contributed by atoms with Crippen molar-refractivity contribution >= 4 is 16.8 Å². The van der Waals surface area contributed by atoms with E-state index in [1.807, 2.05) is 30.3 Å². The van der Waals surface area contributed by atoms with Gasteiger partial charge in [0.1, 0.15) is 5.76 Å². The molecule has 7 heteroatoms. The van der Waals surface area contributed by atoms with E-state index in [1.165, 1.54) is 0 Å². The Labute approximate surface area is 167 Å². The maximum Gasteiger partial charge on any atom is 0.260 e. The Morgan fingerprint density at radius 2 is 1.97 bits per heavy atom. The molecule has 0 bridgehead atoms. The summed E-state index contributed by atoms with van der Waals surface area (Å²) in [4.78, 5) is 34.1. The van der Waals surface area contributed by atoms with Crippen LogP contribution in [0.25, 0.3) is 10.9 Å². The fourth-order valence-electron chi connectivity index (χ4n) is 3.17. The molecule has 0 atom stereocenters. The Morgan fingerprint density at radius 1 is 1.17 bits per heavy atom. The van der Waals surface area contributed by atoms with Crippen molar-refractivity contribution in [1.29, 1.82) is 0 Å². The number of benzene rings is 1. The third kappa shape index (κ3) is 3.94. The van der Waals surface area contributed by atoms with Gasteiger partial charge in [0.2, 0.25) is 5.89 Å². The van der Waals surface area contributed by atoms with E-state index in [0.29, 0.717) is 40.4 Å². The Balaban J connectivity index is 1.64. The predicted molar refractivity (Wildman–Crippen MR) is 109 cm³/mol. The largest absolute Gasteiger partial charge is 0.444 e. The molecule has 1 aromatic carbocycles. The topological polar surface area (TPSA) is 90.0 Å². The maximum atomic E-state index is 13.0. The number of carbonyl (C=O) groups excluding carboxylic acids is 1. The lowest BCUT2D eigenvalue weighted by Gasteiger charge is -2.10. The number of fused-ring (bicyclic) bond motifs is 1. The molecule has 4 rings (SSSR count). The van der Waals surface area contributed by atoms with Gasteiger partial charge in [0.25, 0.3) is 11.5 Å². The number of hydrogen-bond acceptors (Lipinski definition) is 5. The van der Waals surface area contributed by atoms with E-state index in [2.05, 4.69) is 15.3 Å². The first-order valence-electron chi connectivity index (χ1n) is 9.25. The molecule has 146 valence electrons. The van der Waals surface area contributed by atoms with Gasteiger partial charge in [0.05, 0.1) is 41.4 Å². The van der Waals surface area contributed by atoms with Crippen molar-refractivity contribution in [2.75, 3.05) is 0 Å². The first kappa shape index (κ1) is 18.6. The van der Waals surface area contributed by atoms with Crippen molar-refractivity contribution in [1.82, 2.24) is 19.9 Å². The molecule has 1 amide bonds. The molecule has 4 aromatic rings. The number of aryl methyl sites for hydroxylation is 2. The number of nitrogens with one attached hydrogen (secondary N) is 1. The highest BCUT2D eigenvalue weighted by molar-refractivity contribution is 5.98. The van der Waals surface area contributed by atoms with Crippen molar-refractivity contribution in [3.05, 3.63) is 93.7 Å². The van der Waals surface area contributed by atoms with Crippen LogP contribution in [-0.4, -0.2) is 20.4 Å². The quantitative estimate of drug-likeness (QED) is 0.568. The van der Waals surface area contributed by atoms with Crippen LogP contribution < -0.4 is 10.9 Å². The van der Waals surface area contributed by atoms with E-state index >= 15 is 0 Å². The SMILES string of the molecule is Cc1cnc(CNC(=O)c2cc3c(=O)n(Cc4ccccc4)ccc3nc2C)o1. The van der Waals surface area contributed by atoms with Gasteiger partial charge in [-0.3, -0.25) is 14.6 Å². The van der Waals surface area contributed by atoms with Crippen molar-refractivity contribution < 1.29 is 9.21 Å². The van der Waals surface area contributed by atoms with Gasteiger partial charge in [0, 0.05) is 6.20 Å². The zero-order valence-electron chi connectivity index (χ0n) is 16.2. The maximum absolute atomic E-state index is 13.0. The van der Waals surface area contributed by atoms with E-state index in [4.69, 9.17) is 4.42 Å². The molecule has 0 saturated heterocycles. The Hall–Kier alpha value is -3.74. The molecule has 0 unspecified atom stereocenters. The van der Waals surface area contributed by atoms with E-state index in [9.17, 15) is 9.59 Å². The highest BCUT2D eigenvalue weighted by Gasteiger charge is 2.15. The average Bonchev–Trinajstić information content (AvgIpc) is 3.14. The van der Waals surface area contributed by atoms with Gasteiger partial charge >= 0.3 is 0 Å². The summed E-state index contributed by atoms with van der Waals surface area (Å²) in [6.07, 6.45) is 3.33. The summed E-state index contributed by atoms with van der Waals surface area (Å²) >= 11 is 0. The molecular weight excluding hydrogens is 368 g/mol. The standard InChI is InChI=1S/C22H20N4O3/c1-14-11-23-20(29-14)12-24-21(27)17-10-18-19(25-15(17)2)8-9-26(22(18)28)13-16-6-4-3-5-7-16/h3-11H,12-13H2,1-2H3,(H,24,27). The molecule has 0 saturated carbocycles. The van der Waals surface area contributed by atoms with Crippen LogP contribution in [0.2, 0.25) is 0 Å². The highest BCUT2D eigenvalue weighted by Crippen LogP contribution is 2.14. The van der Waals surface area contributed by atoms with Crippen LogP contribution in [0.3, 0.4) is 0 Å². The molecule has 3 heterocycles. The third-order valence-electron chi connectivity index (χ3n) is 4.66. The fraction of sp³-hybridized carbons (Fsp3) is 0.182. The summed E-state index contributed by atoms with van der Waals surface area (Å²) in [6.45, 7) is 4.15. The Morgan fingerprint density at radius 3 is 2.69 bits per heavy atom. The van der Waals surface area contributed by atoms with Crippen molar-refractivity contribution in [2.24, 2.45) is 0 Å². The summed E-state index contributed by atoms with van der Waals surface area (Å²) in [5.41, 5.74) is 2.32. The van der Waals surface area contributed by atoms with Crippen LogP contribution in [0.1, 0.15) is 33.3 Å². The molecule has 0 aliphatic rings. The lowest BCUT2D eigenvalue weighted by atomic mass is 10.1. The summed E-state index contributed by atoms with van der Waals surface area (Å²) in [5, 5.41) is 3.17. The van der Waals surface area contributed by atoms with Gasteiger partial charge in [-0.25, -0.2) is 4.98 Å². The van der Waals surface area contributed by atoms with E-state index in [0.717, 1.165) is 5.56 Å². The Kier molecular flexibility index (Phi) is 4.95. The molecule has 0 fully saturated rings. The molecule has 0 aliphatic carbocycles. The molecule has 0 aliphatic heterocycles. The van der Waals surface area contributed by atoms with Crippen molar-refractivity contribution in [2.45, 2.75) is 26.9 Å². The molecule has 7 nitrogen and oxygen atoms in total. The third-order valence-corrected chi connectivity index (χ3v) is 4.66. The van der Waals surface area contributed by atoms with Crippen LogP contribution in [0.5, 0.6) is 0 Å². The number of amides is 1. The lowest BCUT2D eigenvalue weighted by molar-refractivity contribution is 0.0946. The van der Waals surface area contributed by atoms with E-state index in [-0.39, 0.29) is 18.0 Å². The first-order valence-corrected chi connectivity index (χ1v) is 9.25. The summed E-state index contributed by atoms with van der Waals surface area (Å²) in [6, 6.07) is 13.1. The van der Waals surface area contributed by atoms with Gasteiger partial charge in [-0.1, -0.05) is 30.3 Å². The fourth-order valence-corrected chi connectivity index (χ4v) is 3.17. The van der Waals surface area contributed by atoms with Crippen LogP contribution >= 0.6 is 0 Å². The highest BCUT2D eigenvalue weighted by atomic mass is 16.4. The smallest absolute Gasteiger partial charge is 0.260 e. The number of carbonyl (C=O) groups is 1. The van der Waals surface area contributed by atoms with Crippen LogP contribution in [0, 0.1) is 13.8 Å². The molecule has 0 radical (unpaired) electrons. The number of pyridine rings is 2. The molecule has 0 spiro atoms. The predicted octanol–water partition coefficient (Wildman–Crippen LogP) is 2.98. The number of rotatable bonds is 5. The number of oxazole rings is 1. The number of nitrogens with zero attached hydrogens (tertiary/aromatic N) is 3. The minimum Gasteiger partial charge on any atom is -0.444 e. The normalized spacial score (nSPS) is 11.0. The molecular formula is C22H20N4O3. The van der Waals surface area contributed by atoms with Crippen LogP contribution in [0.15, 0.2) is 64.1 Å². The minimum atomic E-state index is -0.328. The summed E-state index contributed by atoms with van der Waals surface area (Å²) < 4.78 is 6.98. The van der Waals surface area contributed by atoms with Gasteiger partial charge in [0.15, 0.2) is 0 Å². The van der Waals surface area contributed by atoms with Crippen molar-refractivity contribution in [3.63, 3.8) is 0 Å². The van der Waals surface area contributed by atoms with Crippen LogP contribution in [0.4, 0.5) is 0 Å². The Bertz CT molecular complexity index is 1240. The number of aromatic nitrogens is 3. The zero-order valence-corrected chi connectivity index (χ0v) is 16.2. The second kappa shape index (κ2) is 7.71. The first-order chi connectivity index (χ1) is 14.0. The monoisotopic (exact) mass is 388 g/mol. The second-order valence-corrected chi connectivity index (χ2v) is 6.84. The van der Waals surface area contributed by atoms with Crippen molar-refractivity contribution in [3.8, 4) is 0 Å². The molecule has 29 heavy (non-hydrogen) atoms. The van der Waals surface area contributed by atoms with Gasteiger partial charge in [-0.2, -0.15) is 0 Å². The zero-order chi connectivity index (χ0) is 20.4. The van der Waals surface area contributed by atoms with Gasteiger partial charge < -0.3 is 14.3 Å². The average molecular weight is 388 g/mol. The summed E-state index contributed by atoms with van der Waals surface area (Å²) in [5.74, 6) is 0.773. The summed E-state index contributed by atoms with van der Waals surface area (Å²) in [7, 11) is 0. The molecule has 1 N–H and O–H groups in total. The van der Waals surface area contributed by atoms with E-state index in [1.54, 1.807) is 42.9 Å². The molecule has 3 aromatic heterocycles. The number of hydrogen-bond donors (Lipinski definition) is 1. The van der Waals surface area contributed by atoms with E-state index < -0.39 is 0 Å².